The Kier molecular flexibility index (Phi) is 6.57. The van der Waals surface area contributed by atoms with Gasteiger partial charge in [-0.25, -0.2) is 0 Å². The molecule has 0 saturated carbocycles. The molecule has 1 fully saturated rings. The van der Waals surface area contributed by atoms with Crippen molar-refractivity contribution in [2.24, 2.45) is 0 Å². The Morgan fingerprint density at radius 2 is 1.75 bits per heavy atom. The van der Waals surface area contributed by atoms with Crippen molar-refractivity contribution in [3.8, 4) is 5.75 Å². The first-order valence-corrected chi connectivity index (χ1v) is 9.84. The molecular formula is C22H25ClN2O3. The highest BCUT2D eigenvalue weighted by Crippen LogP contribution is 2.17. The van der Waals surface area contributed by atoms with E-state index in [-0.39, 0.29) is 24.5 Å². The fraction of sp³-hybridized carbons (Fsp3) is 0.364. The van der Waals surface area contributed by atoms with Crippen LogP contribution in [0.2, 0.25) is 5.02 Å². The molecule has 0 atom stereocenters. The molecule has 1 N–H and O–H groups in total. The van der Waals surface area contributed by atoms with Gasteiger partial charge >= 0.3 is 0 Å². The summed E-state index contributed by atoms with van der Waals surface area (Å²) in [5.74, 6) is 0.515. The standard InChI is InChI=1S/C22H25ClN2O3/c1-15-3-4-17(13-16(15)2)22(27)24-19-9-11-25(12-10-19)21(26)14-28-20-7-5-18(23)6-8-20/h3-8,13,19H,9-12,14H2,1-2H3,(H,24,27). The van der Waals surface area contributed by atoms with Crippen LogP contribution in [0.15, 0.2) is 42.5 Å². The summed E-state index contributed by atoms with van der Waals surface area (Å²) in [6.07, 6.45) is 1.48. The first kappa shape index (κ1) is 20.2. The minimum Gasteiger partial charge on any atom is -0.484 e. The van der Waals surface area contributed by atoms with Crippen LogP contribution >= 0.6 is 11.6 Å². The zero-order valence-corrected chi connectivity index (χ0v) is 17.0. The lowest BCUT2D eigenvalue weighted by atomic mass is 10.0. The fourth-order valence-electron chi connectivity index (χ4n) is 3.19. The van der Waals surface area contributed by atoms with Gasteiger partial charge in [-0.2, -0.15) is 0 Å². The van der Waals surface area contributed by atoms with E-state index in [4.69, 9.17) is 16.3 Å². The van der Waals surface area contributed by atoms with Gasteiger partial charge in [-0.15, -0.1) is 0 Å². The number of piperidine rings is 1. The number of likely N-dealkylation sites (tertiary alicyclic amines) is 1. The second-order valence-electron chi connectivity index (χ2n) is 7.17. The van der Waals surface area contributed by atoms with Crippen LogP contribution in [0.4, 0.5) is 0 Å². The van der Waals surface area contributed by atoms with E-state index in [0.717, 1.165) is 18.4 Å². The maximum atomic E-state index is 12.5. The fourth-order valence-corrected chi connectivity index (χ4v) is 3.32. The number of rotatable bonds is 5. The van der Waals surface area contributed by atoms with Crippen LogP contribution in [0.5, 0.6) is 5.75 Å². The van der Waals surface area contributed by atoms with Crippen LogP contribution in [0.25, 0.3) is 0 Å². The molecule has 2 amide bonds. The van der Waals surface area contributed by atoms with E-state index in [1.54, 1.807) is 29.2 Å². The minimum absolute atomic E-state index is 0.00129. The third-order valence-corrected chi connectivity index (χ3v) is 5.38. The van der Waals surface area contributed by atoms with Crippen molar-refractivity contribution in [2.45, 2.75) is 32.7 Å². The Labute approximate surface area is 170 Å². The maximum Gasteiger partial charge on any atom is 0.260 e. The molecule has 6 heteroatoms. The van der Waals surface area contributed by atoms with Crippen LogP contribution < -0.4 is 10.1 Å². The lowest BCUT2D eigenvalue weighted by molar-refractivity contribution is -0.134. The Morgan fingerprint density at radius 3 is 2.39 bits per heavy atom. The van der Waals surface area contributed by atoms with Gasteiger partial charge in [-0.3, -0.25) is 9.59 Å². The van der Waals surface area contributed by atoms with Gasteiger partial charge < -0.3 is 15.0 Å². The Morgan fingerprint density at radius 1 is 1.07 bits per heavy atom. The van der Waals surface area contributed by atoms with Gasteiger partial charge in [-0.1, -0.05) is 17.7 Å². The van der Waals surface area contributed by atoms with E-state index in [1.165, 1.54) is 5.56 Å². The average Bonchev–Trinajstić information content (AvgIpc) is 2.70. The molecule has 1 saturated heterocycles. The Balaban J connectivity index is 1.44. The Bertz CT molecular complexity index is 843. The van der Waals surface area contributed by atoms with E-state index in [1.807, 2.05) is 32.0 Å². The van der Waals surface area contributed by atoms with E-state index >= 15 is 0 Å². The van der Waals surface area contributed by atoms with E-state index in [2.05, 4.69) is 5.32 Å². The van der Waals surface area contributed by atoms with Crippen LogP contribution in [-0.2, 0) is 4.79 Å². The second-order valence-corrected chi connectivity index (χ2v) is 7.61. The zero-order chi connectivity index (χ0) is 20.1. The summed E-state index contributed by atoms with van der Waals surface area (Å²) in [6, 6.07) is 12.7. The summed E-state index contributed by atoms with van der Waals surface area (Å²) in [7, 11) is 0. The third-order valence-electron chi connectivity index (χ3n) is 5.13. The number of nitrogens with zero attached hydrogens (tertiary/aromatic N) is 1. The maximum absolute atomic E-state index is 12.5. The van der Waals surface area contributed by atoms with Gasteiger partial charge in [0.15, 0.2) is 6.61 Å². The second kappa shape index (κ2) is 9.11. The molecule has 0 unspecified atom stereocenters. The van der Waals surface area contributed by atoms with Gasteiger partial charge in [0.05, 0.1) is 0 Å². The summed E-state index contributed by atoms with van der Waals surface area (Å²) >= 11 is 5.84. The van der Waals surface area contributed by atoms with Crippen molar-refractivity contribution in [3.05, 3.63) is 64.2 Å². The molecule has 1 aliphatic rings. The lowest BCUT2D eigenvalue weighted by Crippen LogP contribution is -2.47. The molecule has 0 aromatic heterocycles. The predicted molar refractivity (Wildman–Crippen MR) is 110 cm³/mol. The highest BCUT2D eigenvalue weighted by Gasteiger charge is 2.24. The quantitative estimate of drug-likeness (QED) is 0.831. The van der Waals surface area contributed by atoms with Crippen molar-refractivity contribution in [2.75, 3.05) is 19.7 Å². The Hall–Kier alpha value is -2.53. The minimum atomic E-state index is -0.0565. The molecule has 0 aliphatic carbocycles. The predicted octanol–water partition coefficient (Wildman–Crippen LogP) is 3.76. The molecule has 0 radical (unpaired) electrons. The number of carbonyl (C=O) groups excluding carboxylic acids is 2. The SMILES string of the molecule is Cc1ccc(C(=O)NC2CCN(C(=O)COc3ccc(Cl)cc3)CC2)cc1C. The molecule has 5 nitrogen and oxygen atoms in total. The number of hydrogen-bond acceptors (Lipinski definition) is 3. The molecule has 1 heterocycles. The number of halogens is 1. The molecule has 2 aromatic carbocycles. The van der Waals surface area contributed by atoms with Crippen molar-refractivity contribution in [1.29, 1.82) is 0 Å². The van der Waals surface area contributed by atoms with Crippen molar-refractivity contribution in [3.63, 3.8) is 0 Å². The first-order chi connectivity index (χ1) is 13.4. The molecule has 3 rings (SSSR count). The monoisotopic (exact) mass is 400 g/mol. The van der Waals surface area contributed by atoms with Gasteiger partial charge in [0.1, 0.15) is 5.75 Å². The highest BCUT2D eigenvalue weighted by atomic mass is 35.5. The molecular weight excluding hydrogens is 376 g/mol. The summed E-state index contributed by atoms with van der Waals surface area (Å²) in [4.78, 5) is 26.6. The van der Waals surface area contributed by atoms with Crippen LogP contribution in [-0.4, -0.2) is 42.5 Å². The van der Waals surface area contributed by atoms with E-state index in [9.17, 15) is 9.59 Å². The highest BCUT2D eigenvalue weighted by molar-refractivity contribution is 6.30. The van der Waals surface area contributed by atoms with Gasteiger partial charge in [-0.05, 0) is 74.2 Å². The van der Waals surface area contributed by atoms with Crippen molar-refractivity contribution < 1.29 is 14.3 Å². The summed E-state index contributed by atoms with van der Waals surface area (Å²) in [5.41, 5.74) is 2.95. The van der Waals surface area contributed by atoms with Crippen LogP contribution in [0.3, 0.4) is 0 Å². The zero-order valence-electron chi connectivity index (χ0n) is 16.2. The van der Waals surface area contributed by atoms with Gasteiger partial charge in [0.25, 0.3) is 11.8 Å². The van der Waals surface area contributed by atoms with E-state index < -0.39 is 0 Å². The van der Waals surface area contributed by atoms with Crippen molar-refractivity contribution in [1.82, 2.24) is 10.2 Å². The average molecular weight is 401 g/mol. The molecule has 2 aromatic rings. The largest absolute Gasteiger partial charge is 0.484 e. The number of hydrogen-bond donors (Lipinski definition) is 1. The smallest absolute Gasteiger partial charge is 0.260 e. The molecule has 1 aliphatic heterocycles. The number of nitrogens with one attached hydrogen (secondary N) is 1. The number of amides is 2. The first-order valence-electron chi connectivity index (χ1n) is 9.46. The number of benzene rings is 2. The number of carbonyl (C=O) groups is 2. The molecule has 148 valence electrons. The van der Waals surface area contributed by atoms with Crippen molar-refractivity contribution >= 4 is 23.4 Å². The third kappa shape index (κ3) is 5.26. The summed E-state index contributed by atoms with van der Waals surface area (Å²) in [5, 5.41) is 3.71. The summed E-state index contributed by atoms with van der Waals surface area (Å²) in [6.45, 7) is 5.26. The van der Waals surface area contributed by atoms with Gasteiger partial charge in [0, 0.05) is 29.7 Å². The molecule has 0 bridgehead atoms. The summed E-state index contributed by atoms with van der Waals surface area (Å²) < 4.78 is 5.53. The van der Waals surface area contributed by atoms with Crippen LogP contribution in [0.1, 0.15) is 34.3 Å². The number of aryl methyl sites for hydroxylation is 2. The van der Waals surface area contributed by atoms with Gasteiger partial charge in [0.2, 0.25) is 0 Å². The normalized spacial score (nSPS) is 14.6. The topological polar surface area (TPSA) is 58.6 Å². The van der Waals surface area contributed by atoms with Crippen LogP contribution in [0, 0.1) is 13.8 Å². The molecule has 0 spiro atoms. The number of ether oxygens (including phenoxy) is 1. The van der Waals surface area contributed by atoms with E-state index in [0.29, 0.717) is 29.4 Å². The molecule has 28 heavy (non-hydrogen) atoms. The lowest BCUT2D eigenvalue weighted by Gasteiger charge is -2.32.